The van der Waals surface area contributed by atoms with Gasteiger partial charge >= 0.3 is 0 Å². The van der Waals surface area contributed by atoms with Gasteiger partial charge in [0.2, 0.25) is 5.91 Å². The SMILES string of the molecule is Cc1cc(F)ccc1OCC(=O)c1ccc2c(c1)N([C@@H](C)C(=O)N[C@H](C)c1ccccc1)C(=O)CO2. The maximum absolute atomic E-state index is 13.3. The largest absolute Gasteiger partial charge is 0.485 e. The molecule has 1 heterocycles. The number of fused-ring (bicyclic) bond motifs is 1. The summed E-state index contributed by atoms with van der Waals surface area (Å²) in [5, 5.41) is 2.94. The van der Waals surface area contributed by atoms with Crippen LogP contribution >= 0.6 is 0 Å². The third kappa shape index (κ3) is 5.38. The van der Waals surface area contributed by atoms with Gasteiger partial charge in [0, 0.05) is 5.56 Å². The zero-order chi connectivity index (χ0) is 25.8. The van der Waals surface area contributed by atoms with Crippen molar-refractivity contribution in [1.29, 1.82) is 0 Å². The van der Waals surface area contributed by atoms with E-state index < -0.39 is 6.04 Å². The summed E-state index contributed by atoms with van der Waals surface area (Å²) in [5.74, 6) is -0.645. The molecular formula is C28H27FN2O5. The van der Waals surface area contributed by atoms with E-state index in [1.807, 2.05) is 37.3 Å². The predicted molar refractivity (Wildman–Crippen MR) is 133 cm³/mol. The van der Waals surface area contributed by atoms with Gasteiger partial charge in [-0.15, -0.1) is 0 Å². The van der Waals surface area contributed by atoms with E-state index in [2.05, 4.69) is 5.32 Å². The number of amides is 2. The summed E-state index contributed by atoms with van der Waals surface area (Å²) in [5.41, 5.74) is 2.14. The molecule has 0 radical (unpaired) electrons. The molecule has 0 saturated heterocycles. The maximum Gasteiger partial charge on any atom is 0.265 e. The standard InChI is InChI=1S/C28H27FN2O5/c1-17-13-22(29)10-12-25(17)35-15-24(32)21-9-11-26-23(14-21)31(27(33)16-36-26)19(3)28(34)30-18(2)20-7-5-4-6-8-20/h4-14,18-19H,15-16H2,1-3H3,(H,30,34)/t18-,19+/m1/s1. The van der Waals surface area contributed by atoms with E-state index in [9.17, 15) is 18.8 Å². The fourth-order valence-electron chi connectivity index (χ4n) is 4.05. The molecule has 0 aliphatic carbocycles. The van der Waals surface area contributed by atoms with Crippen molar-refractivity contribution >= 4 is 23.3 Å². The molecule has 8 heteroatoms. The third-order valence-electron chi connectivity index (χ3n) is 6.08. The van der Waals surface area contributed by atoms with Crippen molar-refractivity contribution in [3.63, 3.8) is 0 Å². The van der Waals surface area contributed by atoms with E-state index in [1.54, 1.807) is 26.0 Å². The minimum absolute atomic E-state index is 0.209. The van der Waals surface area contributed by atoms with E-state index in [0.717, 1.165) is 5.56 Å². The van der Waals surface area contributed by atoms with Crippen LogP contribution in [0.25, 0.3) is 0 Å². The van der Waals surface area contributed by atoms with Gasteiger partial charge in [-0.2, -0.15) is 0 Å². The van der Waals surface area contributed by atoms with Gasteiger partial charge in [-0.1, -0.05) is 30.3 Å². The Kier molecular flexibility index (Phi) is 7.33. The fraction of sp³-hybridized carbons (Fsp3) is 0.250. The number of Topliss-reactive ketones (excluding diaryl/α,β-unsaturated/α-hetero) is 1. The first-order valence-electron chi connectivity index (χ1n) is 11.6. The average molecular weight is 491 g/mol. The van der Waals surface area contributed by atoms with Gasteiger partial charge in [0.05, 0.1) is 11.7 Å². The van der Waals surface area contributed by atoms with Crippen LogP contribution in [0.1, 0.15) is 41.4 Å². The second-order valence-electron chi connectivity index (χ2n) is 8.67. The van der Waals surface area contributed by atoms with Crippen LogP contribution in [0.2, 0.25) is 0 Å². The van der Waals surface area contributed by atoms with Gasteiger partial charge in [-0.3, -0.25) is 19.3 Å². The molecule has 0 unspecified atom stereocenters. The number of benzene rings is 3. The van der Waals surface area contributed by atoms with E-state index in [0.29, 0.717) is 28.3 Å². The predicted octanol–water partition coefficient (Wildman–Crippen LogP) is 4.39. The highest BCUT2D eigenvalue weighted by atomic mass is 19.1. The zero-order valence-electron chi connectivity index (χ0n) is 20.3. The number of carbonyl (C=O) groups is 3. The lowest BCUT2D eigenvalue weighted by Gasteiger charge is -2.34. The Balaban J connectivity index is 1.51. The zero-order valence-corrected chi connectivity index (χ0v) is 20.3. The van der Waals surface area contributed by atoms with Gasteiger partial charge in [-0.05, 0) is 68.3 Å². The number of ketones is 1. The van der Waals surface area contributed by atoms with Crippen LogP contribution in [0.15, 0.2) is 66.7 Å². The molecule has 2 amide bonds. The number of halogens is 1. The summed E-state index contributed by atoms with van der Waals surface area (Å²) >= 11 is 0. The van der Waals surface area contributed by atoms with Crippen LogP contribution in [0, 0.1) is 12.7 Å². The minimum Gasteiger partial charge on any atom is -0.485 e. The molecule has 0 saturated carbocycles. The molecule has 1 aliphatic heterocycles. The lowest BCUT2D eigenvalue weighted by molar-refractivity contribution is -0.127. The molecule has 1 aliphatic rings. The van der Waals surface area contributed by atoms with Crippen molar-refractivity contribution in [2.75, 3.05) is 18.1 Å². The Morgan fingerprint density at radius 3 is 2.56 bits per heavy atom. The van der Waals surface area contributed by atoms with Crippen LogP contribution in [0.5, 0.6) is 11.5 Å². The van der Waals surface area contributed by atoms with Gasteiger partial charge in [-0.25, -0.2) is 4.39 Å². The molecule has 0 fully saturated rings. The highest BCUT2D eigenvalue weighted by Gasteiger charge is 2.34. The van der Waals surface area contributed by atoms with Gasteiger partial charge in [0.1, 0.15) is 23.4 Å². The molecular weight excluding hydrogens is 463 g/mol. The molecule has 3 aromatic carbocycles. The Morgan fingerprint density at radius 1 is 1.08 bits per heavy atom. The number of rotatable bonds is 8. The van der Waals surface area contributed by atoms with Crippen LogP contribution in [-0.4, -0.2) is 36.9 Å². The molecule has 7 nitrogen and oxygen atoms in total. The summed E-state index contributed by atoms with van der Waals surface area (Å²) in [4.78, 5) is 40.1. The summed E-state index contributed by atoms with van der Waals surface area (Å²) in [6.45, 7) is 4.71. The summed E-state index contributed by atoms with van der Waals surface area (Å²) in [7, 11) is 0. The summed E-state index contributed by atoms with van der Waals surface area (Å²) in [6, 6.07) is 17.2. The number of ether oxygens (including phenoxy) is 2. The normalized spacial score (nSPS) is 14.3. The van der Waals surface area contributed by atoms with Crippen LogP contribution in [-0.2, 0) is 9.59 Å². The van der Waals surface area contributed by atoms with Crippen molar-refractivity contribution in [3.05, 3.63) is 89.2 Å². The van der Waals surface area contributed by atoms with Gasteiger partial charge in [0.15, 0.2) is 19.0 Å². The number of carbonyl (C=O) groups excluding carboxylic acids is 3. The molecule has 0 aromatic heterocycles. The maximum atomic E-state index is 13.3. The van der Waals surface area contributed by atoms with E-state index in [-0.39, 0.29) is 42.7 Å². The van der Waals surface area contributed by atoms with E-state index >= 15 is 0 Å². The second kappa shape index (κ2) is 10.6. The molecule has 0 bridgehead atoms. The molecule has 0 spiro atoms. The smallest absolute Gasteiger partial charge is 0.265 e. The quantitative estimate of drug-likeness (QED) is 0.474. The highest BCUT2D eigenvalue weighted by molar-refractivity contribution is 6.06. The molecule has 2 atom stereocenters. The van der Waals surface area contributed by atoms with Crippen molar-refractivity contribution in [2.24, 2.45) is 0 Å². The molecule has 1 N–H and O–H groups in total. The second-order valence-corrected chi connectivity index (χ2v) is 8.67. The average Bonchev–Trinajstić information content (AvgIpc) is 2.87. The Morgan fingerprint density at radius 2 is 1.83 bits per heavy atom. The lowest BCUT2D eigenvalue weighted by Crippen LogP contribution is -2.51. The number of hydrogen-bond donors (Lipinski definition) is 1. The molecule has 186 valence electrons. The third-order valence-corrected chi connectivity index (χ3v) is 6.08. The van der Waals surface area contributed by atoms with Gasteiger partial charge in [0.25, 0.3) is 5.91 Å². The number of nitrogens with zero attached hydrogens (tertiary/aromatic N) is 1. The Labute approximate surface area is 208 Å². The van der Waals surface area contributed by atoms with Crippen molar-refractivity contribution in [3.8, 4) is 11.5 Å². The van der Waals surface area contributed by atoms with Crippen LogP contribution in [0.4, 0.5) is 10.1 Å². The topological polar surface area (TPSA) is 84.9 Å². The fourth-order valence-corrected chi connectivity index (χ4v) is 4.05. The highest BCUT2D eigenvalue weighted by Crippen LogP contribution is 2.35. The summed E-state index contributed by atoms with van der Waals surface area (Å²) in [6.07, 6.45) is 0. The molecule has 3 aromatic rings. The van der Waals surface area contributed by atoms with Crippen molar-refractivity contribution in [2.45, 2.75) is 32.9 Å². The molecule has 36 heavy (non-hydrogen) atoms. The van der Waals surface area contributed by atoms with E-state index in [4.69, 9.17) is 9.47 Å². The minimum atomic E-state index is -0.838. The Hall–Kier alpha value is -4.20. The lowest BCUT2D eigenvalue weighted by atomic mass is 10.1. The van der Waals surface area contributed by atoms with Crippen molar-refractivity contribution < 1.29 is 28.2 Å². The first-order chi connectivity index (χ1) is 17.2. The molecule has 4 rings (SSSR count). The summed E-state index contributed by atoms with van der Waals surface area (Å²) < 4.78 is 24.4. The number of anilines is 1. The van der Waals surface area contributed by atoms with Gasteiger partial charge < -0.3 is 14.8 Å². The first kappa shape index (κ1) is 24.9. The first-order valence-corrected chi connectivity index (χ1v) is 11.6. The van der Waals surface area contributed by atoms with Crippen LogP contribution < -0.4 is 19.7 Å². The van der Waals surface area contributed by atoms with E-state index in [1.165, 1.54) is 29.2 Å². The van der Waals surface area contributed by atoms with Crippen molar-refractivity contribution in [1.82, 2.24) is 5.32 Å². The van der Waals surface area contributed by atoms with Crippen LogP contribution in [0.3, 0.4) is 0 Å². The number of aryl methyl sites for hydroxylation is 1. The number of hydrogen-bond acceptors (Lipinski definition) is 5. The monoisotopic (exact) mass is 490 g/mol. The Bertz CT molecular complexity index is 1290. The number of nitrogens with one attached hydrogen (secondary N) is 1.